The van der Waals surface area contributed by atoms with Gasteiger partial charge in [-0.15, -0.1) is 0 Å². The van der Waals surface area contributed by atoms with Gasteiger partial charge in [0.1, 0.15) is 42.4 Å². The van der Waals surface area contributed by atoms with E-state index in [-0.39, 0.29) is 22.9 Å². The van der Waals surface area contributed by atoms with E-state index in [0.717, 1.165) is 21.7 Å². The number of nitrogens with zero attached hydrogens (tertiary/aromatic N) is 5. The van der Waals surface area contributed by atoms with Crippen LogP contribution < -0.4 is 22.7 Å². The number of aromatic amines is 1. The number of aliphatic hydroxyl groups excluding tert-OH is 3. The van der Waals surface area contributed by atoms with Gasteiger partial charge in [-0.2, -0.15) is 9.97 Å². The van der Waals surface area contributed by atoms with Crippen molar-refractivity contribution < 1.29 is 62.2 Å². The van der Waals surface area contributed by atoms with Gasteiger partial charge < -0.3 is 50.9 Å². The number of nitrogen functional groups attached to an aromatic ring is 2. The molecular formula is C19H26N8O15P2. The molecule has 1 unspecified atom stereocenters. The van der Waals surface area contributed by atoms with E-state index >= 15 is 0 Å². The molecule has 23 nitrogen and oxygen atoms in total. The molecular weight excluding hydrogens is 642 g/mol. The van der Waals surface area contributed by atoms with Crippen LogP contribution in [0.5, 0.6) is 0 Å². The van der Waals surface area contributed by atoms with Gasteiger partial charge in [0.2, 0.25) is 5.95 Å². The van der Waals surface area contributed by atoms with Gasteiger partial charge in [0.05, 0.1) is 19.5 Å². The molecule has 2 aliphatic rings. The van der Waals surface area contributed by atoms with E-state index in [1.807, 2.05) is 0 Å². The third-order valence-corrected chi connectivity index (χ3v) is 8.03. The lowest BCUT2D eigenvalue weighted by atomic mass is 10.1. The Labute approximate surface area is 243 Å². The highest BCUT2D eigenvalue weighted by molar-refractivity contribution is 7.47. The molecule has 2 fully saturated rings. The number of aliphatic hydroxyl groups is 3. The summed E-state index contributed by atoms with van der Waals surface area (Å²) in [7, 11) is -10.3. The van der Waals surface area contributed by atoms with Crippen LogP contribution in [0.1, 0.15) is 12.5 Å². The molecule has 2 aliphatic heterocycles. The fourth-order valence-corrected chi connectivity index (χ4v) is 5.84. The van der Waals surface area contributed by atoms with Gasteiger partial charge in [-0.25, -0.2) is 18.9 Å². The van der Waals surface area contributed by atoms with Crippen LogP contribution in [0.3, 0.4) is 0 Å². The number of fused-ring (bicyclic) bond motifs is 1. The van der Waals surface area contributed by atoms with E-state index in [0.29, 0.717) is 0 Å². The van der Waals surface area contributed by atoms with Crippen LogP contribution >= 0.6 is 15.6 Å². The van der Waals surface area contributed by atoms with E-state index in [1.165, 1.54) is 6.07 Å². The van der Waals surface area contributed by atoms with Crippen LogP contribution in [0, 0.1) is 0 Å². The van der Waals surface area contributed by atoms with Crippen molar-refractivity contribution in [3.05, 3.63) is 39.4 Å². The molecule has 11 N–H and O–H groups in total. The SMILES string of the molecule is Nc1ccn([C@@H]2O[C@H](COP(=O)(O)O[C@@H]3[C@H](O)[C@@H](COP(=O)(O)O)O[C@H]3n3cnc4c(=O)[nH]c(N)nc43)[C@@H](O)[C@H]2O)c(=O)n1. The third-order valence-electron chi connectivity index (χ3n) is 6.56. The summed E-state index contributed by atoms with van der Waals surface area (Å²) in [6.45, 7) is -1.80. The van der Waals surface area contributed by atoms with Crippen molar-refractivity contribution in [3.8, 4) is 0 Å². The summed E-state index contributed by atoms with van der Waals surface area (Å²) in [5, 5.41) is 31.7. The minimum absolute atomic E-state index is 0.112. The standard InChI is InChI=1S/C19H26N8O15P2/c20-8-1-2-26(19(32)23-8)16-12(30)10(28)6(40-16)4-39-44(36,37)42-13-11(29)7(3-38-43(33,34)35)41-17(13)27-5-22-9-14(27)24-18(21)25-15(9)31/h1-2,5-7,10-13,16-17,28-30H,3-4H2,(H,36,37)(H2,20,23,32)(H2,33,34,35)(H3,21,24,25,31)/t6-,7-,10-,11-,12-,13-,16-,17-/m1/s1. The van der Waals surface area contributed by atoms with E-state index in [1.54, 1.807) is 0 Å². The highest BCUT2D eigenvalue weighted by Crippen LogP contribution is 2.50. The summed E-state index contributed by atoms with van der Waals surface area (Å²) in [5.74, 6) is -0.454. The lowest BCUT2D eigenvalue weighted by molar-refractivity contribution is -0.0634. The summed E-state index contributed by atoms with van der Waals surface area (Å²) in [6, 6.07) is 1.23. The predicted molar refractivity (Wildman–Crippen MR) is 140 cm³/mol. The maximum absolute atomic E-state index is 13.0. The Kier molecular flexibility index (Phi) is 8.78. The Bertz CT molecular complexity index is 1740. The van der Waals surface area contributed by atoms with Crippen LogP contribution in [-0.2, 0) is 32.2 Å². The van der Waals surface area contributed by atoms with Crippen molar-refractivity contribution in [2.45, 2.75) is 49.1 Å². The van der Waals surface area contributed by atoms with Gasteiger partial charge in [-0.3, -0.25) is 32.5 Å². The first-order chi connectivity index (χ1) is 20.5. The number of nitrogens with one attached hydrogen (secondary N) is 1. The minimum atomic E-state index is -5.23. The summed E-state index contributed by atoms with van der Waals surface area (Å²) < 4.78 is 51.6. The Morgan fingerprint density at radius 2 is 1.59 bits per heavy atom. The van der Waals surface area contributed by atoms with E-state index < -0.39 is 89.2 Å². The van der Waals surface area contributed by atoms with Crippen molar-refractivity contribution in [2.24, 2.45) is 0 Å². The molecule has 5 heterocycles. The fourth-order valence-electron chi connectivity index (χ4n) is 4.56. The number of phosphoric acid groups is 2. The predicted octanol–water partition coefficient (Wildman–Crippen LogP) is -3.97. The maximum atomic E-state index is 13.0. The zero-order chi connectivity index (χ0) is 32.1. The van der Waals surface area contributed by atoms with Crippen LogP contribution in [0.25, 0.3) is 11.2 Å². The Morgan fingerprint density at radius 3 is 2.27 bits per heavy atom. The quantitative estimate of drug-likeness (QED) is 0.0930. The van der Waals surface area contributed by atoms with E-state index in [2.05, 4.69) is 24.5 Å². The van der Waals surface area contributed by atoms with Gasteiger partial charge in [-0.1, -0.05) is 0 Å². The molecule has 0 radical (unpaired) electrons. The van der Waals surface area contributed by atoms with Crippen LogP contribution in [0.15, 0.2) is 28.2 Å². The van der Waals surface area contributed by atoms with E-state index in [9.17, 15) is 38.9 Å². The molecule has 0 bridgehead atoms. The topological polar surface area (TPSA) is 352 Å². The Hall–Kier alpha value is -3.15. The maximum Gasteiger partial charge on any atom is 0.472 e. The zero-order valence-corrected chi connectivity index (χ0v) is 23.7. The molecule has 25 heteroatoms. The molecule has 0 amide bonds. The monoisotopic (exact) mass is 668 g/mol. The summed E-state index contributed by atoms with van der Waals surface area (Å²) in [5.41, 5.74) is 8.92. The normalized spacial score (nSPS) is 30.6. The average molecular weight is 668 g/mol. The number of hydrogen-bond acceptors (Lipinski definition) is 17. The number of aromatic nitrogens is 6. The van der Waals surface area contributed by atoms with Gasteiger partial charge in [0.25, 0.3) is 5.56 Å². The van der Waals surface area contributed by atoms with E-state index in [4.69, 9.17) is 39.8 Å². The minimum Gasteiger partial charge on any atom is -0.387 e. The Morgan fingerprint density at radius 1 is 0.932 bits per heavy atom. The number of anilines is 2. The molecule has 0 aromatic carbocycles. The number of rotatable bonds is 10. The largest absolute Gasteiger partial charge is 0.472 e. The first kappa shape index (κ1) is 32.2. The summed E-state index contributed by atoms with van der Waals surface area (Å²) in [6.07, 6.45) is -11.2. The number of phosphoric ester groups is 2. The first-order valence-corrected chi connectivity index (χ1v) is 15.3. The molecule has 5 rings (SSSR count). The van der Waals surface area contributed by atoms with Crippen molar-refractivity contribution in [2.75, 3.05) is 24.7 Å². The molecule has 3 aromatic rings. The van der Waals surface area contributed by atoms with Crippen molar-refractivity contribution >= 4 is 38.6 Å². The molecule has 242 valence electrons. The molecule has 0 spiro atoms. The number of ether oxygens (including phenoxy) is 2. The summed E-state index contributed by atoms with van der Waals surface area (Å²) in [4.78, 5) is 66.5. The van der Waals surface area contributed by atoms with Crippen molar-refractivity contribution in [1.82, 2.24) is 29.1 Å². The van der Waals surface area contributed by atoms with Gasteiger partial charge in [0.15, 0.2) is 23.6 Å². The summed E-state index contributed by atoms with van der Waals surface area (Å²) >= 11 is 0. The van der Waals surface area contributed by atoms with Crippen molar-refractivity contribution in [3.63, 3.8) is 0 Å². The van der Waals surface area contributed by atoms with Crippen LogP contribution in [0.2, 0.25) is 0 Å². The number of H-pyrrole nitrogens is 1. The second-order valence-electron chi connectivity index (χ2n) is 9.54. The second-order valence-corrected chi connectivity index (χ2v) is 12.2. The average Bonchev–Trinajstić information content (AvgIpc) is 3.56. The molecule has 0 aliphatic carbocycles. The van der Waals surface area contributed by atoms with Crippen LogP contribution in [-0.4, -0.2) is 109 Å². The van der Waals surface area contributed by atoms with Crippen LogP contribution in [0.4, 0.5) is 11.8 Å². The van der Waals surface area contributed by atoms with Gasteiger partial charge in [-0.05, 0) is 6.07 Å². The number of hydrogen-bond donors (Lipinski definition) is 9. The highest BCUT2D eigenvalue weighted by Gasteiger charge is 2.51. The number of nitrogens with two attached hydrogens (primary N) is 2. The van der Waals surface area contributed by atoms with Gasteiger partial charge >= 0.3 is 21.3 Å². The first-order valence-electron chi connectivity index (χ1n) is 12.3. The molecule has 44 heavy (non-hydrogen) atoms. The molecule has 3 aromatic heterocycles. The highest BCUT2D eigenvalue weighted by atomic mass is 31.2. The fraction of sp³-hybridized carbons (Fsp3) is 0.526. The lowest BCUT2D eigenvalue weighted by Gasteiger charge is -2.25. The molecule has 0 saturated carbocycles. The molecule has 2 saturated heterocycles. The van der Waals surface area contributed by atoms with Gasteiger partial charge in [0, 0.05) is 6.20 Å². The Balaban J connectivity index is 1.35. The number of imidazole rings is 1. The lowest BCUT2D eigenvalue weighted by Crippen LogP contribution is -2.36. The smallest absolute Gasteiger partial charge is 0.387 e. The molecule has 9 atom stereocenters. The third kappa shape index (κ3) is 6.60. The zero-order valence-electron chi connectivity index (χ0n) is 21.9. The second kappa shape index (κ2) is 12.0. The van der Waals surface area contributed by atoms with Crippen molar-refractivity contribution in [1.29, 1.82) is 0 Å².